The van der Waals surface area contributed by atoms with Gasteiger partial charge < -0.3 is 9.80 Å². The van der Waals surface area contributed by atoms with Gasteiger partial charge in [0.25, 0.3) is 0 Å². The molecule has 0 fully saturated rings. The molecule has 16 heavy (non-hydrogen) atoms. The van der Waals surface area contributed by atoms with Gasteiger partial charge in [-0.1, -0.05) is 13.8 Å². The summed E-state index contributed by atoms with van der Waals surface area (Å²) < 4.78 is 0. The lowest BCUT2D eigenvalue weighted by Crippen LogP contribution is -2.34. The summed E-state index contributed by atoms with van der Waals surface area (Å²) in [5.74, 6) is 0.0589. The molecule has 0 bridgehead atoms. The molecule has 0 aromatic carbocycles. The Hall–Kier alpha value is -1.06. The number of amides is 2. The summed E-state index contributed by atoms with van der Waals surface area (Å²) in [5, 5.41) is 0. The van der Waals surface area contributed by atoms with Crippen LogP contribution in [-0.4, -0.2) is 49.8 Å². The summed E-state index contributed by atoms with van der Waals surface area (Å²) in [6.45, 7) is 3.87. The van der Waals surface area contributed by atoms with Crippen molar-refractivity contribution >= 4 is 11.8 Å². The first-order chi connectivity index (χ1) is 7.31. The molecule has 0 aliphatic rings. The minimum Gasteiger partial charge on any atom is -0.349 e. The molecule has 0 spiro atoms. The summed E-state index contributed by atoms with van der Waals surface area (Å²) in [7, 11) is 6.99. The zero-order valence-corrected chi connectivity index (χ0v) is 11.3. The fraction of sp³-hybridized carbons (Fsp3) is 0.833. The van der Waals surface area contributed by atoms with E-state index in [1.165, 1.54) is 0 Å². The van der Waals surface area contributed by atoms with Crippen molar-refractivity contribution in [2.75, 3.05) is 28.2 Å². The molecule has 0 rings (SSSR count). The second-order valence-corrected chi connectivity index (χ2v) is 4.71. The Balaban J connectivity index is 4.44. The van der Waals surface area contributed by atoms with Crippen molar-refractivity contribution in [3.05, 3.63) is 0 Å². The van der Waals surface area contributed by atoms with E-state index in [2.05, 4.69) is 0 Å². The Morgan fingerprint density at radius 1 is 1.00 bits per heavy atom. The Labute approximate surface area is 98.6 Å². The van der Waals surface area contributed by atoms with E-state index < -0.39 is 0 Å². The highest BCUT2D eigenvalue weighted by atomic mass is 16.2. The summed E-state index contributed by atoms with van der Waals surface area (Å²) >= 11 is 0. The normalized spacial score (nSPS) is 14.1. The van der Waals surface area contributed by atoms with Gasteiger partial charge in [0.1, 0.15) is 0 Å². The van der Waals surface area contributed by atoms with E-state index in [0.717, 1.165) is 6.42 Å². The van der Waals surface area contributed by atoms with E-state index in [1.807, 2.05) is 13.8 Å². The molecule has 0 saturated heterocycles. The molecule has 94 valence electrons. The quantitative estimate of drug-likeness (QED) is 0.710. The Morgan fingerprint density at radius 2 is 1.44 bits per heavy atom. The molecule has 2 amide bonds. The summed E-state index contributed by atoms with van der Waals surface area (Å²) in [6.07, 6.45) is 1.41. The maximum absolute atomic E-state index is 11.8. The van der Waals surface area contributed by atoms with Crippen LogP contribution in [0.2, 0.25) is 0 Å². The summed E-state index contributed by atoms with van der Waals surface area (Å²) in [4.78, 5) is 26.7. The number of nitrogens with zero attached hydrogens (tertiary/aromatic N) is 2. The maximum atomic E-state index is 11.8. The zero-order valence-electron chi connectivity index (χ0n) is 11.3. The molecule has 0 saturated carbocycles. The van der Waals surface area contributed by atoms with Gasteiger partial charge in [-0.25, -0.2) is 0 Å². The van der Waals surface area contributed by atoms with Crippen LogP contribution in [0.1, 0.15) is 26.7 Å². The van der Waals surface area contributed by atoms with Gasteiger partial charge in [0, 0.05) is 40.0 Å². The first kappa shape index (κ1) is 14.9. The Kier molecular flexibility index (Phi) is 6.08. The van der Waals surface area contributed by atoms with Gasteiger partial charge in [-0.2, -0.15) is 0 Å². The third kappa shape index (κ3) is 4.21. The second kappa shape index (κ2) is 6.51. The standard InChI is InChI=1S/C12H24N2O2/c1-7-10(12(16)14(5)6)8-9(2)11(15)13(3)4/h9-10H,7-8H2,1-6H3. The number of rotatable bonds is 5. The highest BCUT2D eigenvalue weighted by molar-refractivity contribution is 5.81. The number of hydrogen-bond acceptors (Lipinski definition) is 2. The van der Waals surface area contributed by atoms with Gasteiger partial charge in [0.2, 0.25) is 11.8 Å². The van der Waals surface area contributed by atoms with Gasteiger partial charge in [-0.3, -0.25) is 9.59 Å². The van der Waals surface area contributed by atoms with Crippen LogP contribution in [-0.2, 0) is 9.59 Å². The van der Waals surface area contributed by atoms with E-state index in [9.17, 15) is 9.59 Å². The fourth-order valence-electron chi connectivity index (χ4n) is 1.78. The number of hydrogen-bond donors (Lipinski definition) is 0. The van der Waals surface area contributed by atoms with Crippen LogP contribution in [0.25, 0.3) is 0 Å². The minimum absolute atomic E-state index is 0.0473. The molecule has 0 N–H and O–H groups in total. The SMILES string of the molecule is CCC(CC(C)C(=O)N(C)C)C(=O)N(C)C. The Bertz CT molecular complexity index is 249. The average Bonchev–Trinajstić information content (AvgIpc) is 2.22. The van der Waals surface area contributed by atoms with Crippen molar-refractivity contribution in [1.29, 1.82) is 0 Å². The lowest BCUT2D eigenvalue weighted by Gasteiger charge is -2.23. The zero-order chi connectivity index (χ0) is 12.9. The highest BCUT2D eigenvalue weighted by Gasteiger charge is 2.24. The maximum Gasteiger partial charge on any atom is 0.225 e. The topological polar surface area (TPSA) is 40.6 Å². The highest BCUT2D eigenvalue weighted by Crippen LogP contribution is 2.18. The smallest absolute Gasteiger partial charge is 0.225 e. The molecule has 0 aliphatic heterocycles. The predicted octanol–water partition coefficient (Wildman–Crippen LogP) is 1.22. The van der Waals surface area contributed by atoms with Crippen molar-refractivity contribution in [3.63, 3.8) is 0 Å². The Morgan fingerprint density at radius 3 is 1.75 bits per heavy atom. The van der Waals surface area contributed by atoms with Gasteiger partial charge in [0.05, 0.1) is 0 Å². The van der Waals surface area contributed by atoms with E-state index >= 15 is 0 Å². The van der Waals surface area contributed by atoms with Crippen molar-refractivity contribution in [2.24, 2.45) is 11.8 Å². The molecule has 0 aromatic heterocycles. The van der Waals surface area contributed by atoms with Gasteiger partial charge in [-0.05, 0) is 12.8 Å². The first-order valence-electron chi connectivity index (χ1n) is 5.73. The third-order valence-corrected chi connectivity index (χ3v) is 2.78. The lowest BCUT2D eigenvalue weighted by atomic mass is 9.92. The van der Waals surface area contributed by atoms with Gasteiger partial charge >= 0.3 is 0 Å². The van der Waals surface area contributed by atoms with E-state index in [1.54, 1.807) is 38.0 Å². The van der Waals surface area contributed by atoms with Crippen molar-refractivity contribution in [1.82, 2.24) is 9.80 Å². The van der Waals surface area contributed by atoms with Crippen LogP contribution >= 0.6 is 0 Å². The molecule has 0 aliphatic carbocycles. The molecular formula is C12H24N2O2. The lowest BCUT2D eigenvalue weighted by molar-refractivity contribution is -0.136. The van der Waals surface area contributed by atoms with E-state index in [0.29, 0.717) is 6.42 Å². The molecule has 2 atom stereocenters. The minimum atomic E-state index is -0.0937. The number of carbonyl (C=O) groups is 2. The van der Waals surface area contributed by atoms with Crippen LogP contribution < -0.4 is 0 Å². The van der Waals surface area contributed by atoms with Crippen molar-refractivity contribution in [2.45, 2.75) is 26.7 Å². The molecule has 2 unspecified atom stereocenters. The van der Waals surface area contributed by atoms with Crippen LogP contribution in [0.4, 0.5) is 0 Å². The van der Waals surface area contributed by atoms with Crippen LogP contribution in [0.3, 0.4) is 0 Å². The molecule has 0 heterocycles. The molecular weight excluding hydrogens is 204 g/mol. The summed E-state index contributed by atoms with van der Waals surface area (Å²) in [5.41, 5.74) is 0. The monoisotopic (exact) mass is 228 g/mol. The van der Waals surface area contributed by atoms with Crippen LogP contribution in [0.5, 0.6) is 0 Å². The number of carbonyl (C=O) groups excluding carboxylic acids is 2. The largest absolute Gasteiger partial charge is 0.349 e. The third-order valence-electron chi connectivity index (χ3n) is 2.78. The van der Waals surface area contributed by atoms with E-state index in [-0.39, 0.29) is 23.7 Å². The van der Waals surface area contributed by atoms with Gasteiger partial charge in [-0.15, -0.1) is 0 Å². The summed E-state index contributed by atoms with van der Waals surface area (Å²) in [6, 6.07) is 0. The molecule has 0 aromatic rings. The first-order valence-corrected chi connectivity index (χ1v) is 5.73. The molecule has 0 radical (unpaired) electrons. The predicted molar refractivity (Wildman–Crippen MR) is 65.0 cm³/mol. The van der Waals surface area contributed by atoms with Gasteiger partial charge in [0.15, 0.2) is 0 Å². The van der Waals surface area contributed by atoms with Crippen molar-refractivity contribution in [3.8, 4) is 0 Å². The fourth-order valence-corrected chi connectivity index (χ4v) is 1.78. The van der Waals surface area contributed by atoms with Crippen LogP contribution in [0.15, 0.2) is 0 Å². The molecule has 4 nitrogen and oxygen atoms in total. The second-order valence-electron chi connectivity index (χ2n) is 4.71. The van der Waals surface area contributed by atoms with Crippen molar-refractivity contribution < 1.29 is 9.59 Å². The average molecular weight is 228 g/mol. The molecule has 4 heteroatoms. The van der Waals surface area contributed by atoms with Crippen LogP contribution in [0, 0.1) is 11.8 Å². The van der Waals surface area contributed by atoms with E-state index in [4.69, 9.17) is 0 Å².